The quantitative estimate of drug-likeness (QED) is 0.868. The van der Waals surface area contributed by atoms with Crippen LogP contribution in [0.25, 0.3) is 0 Å². The number of hydrogen-bond acceptors (Lipinski definition) is 2. The number of nitrogens with one attached hydrogen (secondary N) is 1. The van der Waals surface area contributed by atoms with Crippen LogP contribution < -0.4 is 5.32 Å². The smallest absolute Gasteiger partial charge is 0.307 e. The van der Waals surface area contributed by atoms with Crippen LogP contribution in [0, 0.1) is 11.8 Å². The molecule has 0 heterocycles. The van der Waals surface area contributed by atoms with Crippen molar-refractivity contribution < 1.29 is 14.7 Å². The zero-order valence-corrected chi connectivity index (χ0v) is 11.7. The number of rotatable bonds is 5. The average molecular weight is 275 g/mol. The van der Waals surface area contributed by atoms with Crippen molar-refractivity contribution in [3.05, 3.63) is 35.9 Å². The minimum atomic E-state index is -0.851. The van der Waals surface area contributed by atoms with Gasteiger partial charge >= 0.3 is 5.97 Å². The number of carbonyl (C=O) groups is 2. The number of amides is 1. The zero-order chi connectivity index (χ0) is 14.5. The highest BCUT2D eigenvalue weighted by molar-refractivity contribution is 5.85. The molecule has 1 aliphatic carbocycles. The molecule has 1 fully saturated rings. The lowest BCUT2D eigenvalue weighted by Crippen LogP contribution is -2.37. The Balaban J connectivity index is 2.04. The van der Waals surface area contributed by atoms with E-state index < -0.39 is 11.9 Å². The van der Waals surface area contributed by atoms with Gasteiger partial charge in [-0.15, -0.1) is 0 Å². The molecule has 4 heteroatoms. The number of carbonyl (C=O) groups excluding carboxylic acids is 1. The van der Waals surface area contributed by atoms with E-state index in [-0.39, 0.29) is 17.9 Å². The van der Waals surface area contributed by atoms with Crippen molar-refractivity contribution in [3.63, 3.8) is 0 Å². The molecule has 0 radical (unpaired) electrons. The van der Waals surface area contributed by atoms with Gasteiger partial charge in [-0.1, -0.05) is 43.7 Å². The Labute approximate surface area is 119 Å². The van der Waals surface area contributed by atoms with E-state index in [0.717, 1.165) is 18.4 Å². The van der Waals surface area contributed by atoms with E-state index in [1.165, 1.54) is 0 Å². The van der Waals surface area contributed by atoms with Gasteiger partial charge in [0.2, 0.25) is 5.91 Å². The molecule has 4 nitrogen and oxygen atoms in total. The average Bonchev–Trinajstić information content (AvgIpc) is 2.95. The zero-order valence-electron chi connectivity index (χ0n) is 11.7. The lowest BCUT2D eigenvalue weighted by molar-refractivity contribution is -0.146. The number of aliphatic carboxylic acids is 1. The molecule has 1 amide bonds. The summed E-state index contributed by atoms with van der Waals surface area (Å²) in [4.78, 5) is 23.5. The van der Waals surface area contributed by atoms with Gasteiger partial charge in [-0.2, -0.15) is 0 Å². The Morgan fingerprint density at radius 2 is 1.90 bits per heavy atom. The summed E-state index contributed by atoms with van der Waals surface area (Å²) >= 11 is 0. The Morgan fingerprint density at radius 1 is 1.25 bits per heavy atom. The third-order valence-electron chi connectivity index (χ3n) is 4.10. The van der Waals surface area contributed by atoms with Gasteiger partial charge in [0, 0.05) is 0 Å². The maximum Gasteiger partial charge on any atom is 0.307 e. The molecule has 1 aliphatic rings. The Kier molecular flexibility index (Phi) is 4.77. The molecule has 1 saturated carbocycles. The second-order valence-corrected chi connectivity index (χ2v) is 5.36. The summed E-state index contributed by atoms with van der Waals surface area (Å²) in [5.74, 6) is -1.88. The highest BCUT2D eigenvalue weighted by Crippen LogP contribution is 2.32. The molecule has 0 aromatic heterocycles. The van der Waals surface area contributed by atoms with Crippen LogP contribution >= 0.6 is 0 Å². The molecule has 1 aromatic carbocycles. The third kappa shape index (κ3) is 3.18. The maximum atomic E-state index is 12.3. The van der Waals surface area contributed by atoms with Crippen LogP contribution in [0.4, 0.5) is 0 Å². The predicted octanol–water partition coefficient (Wildman–Crippen LogP) is 2.75. The van der Waals surface area contributed by atoms with Gasteiger partial charge in [0.15, 0.2) is 0 Å². The first-order valence-corrected chi connectivity index (χ1v) is 7.21. The minimum absolute atomic E-state index is 0.0428. The SMILES string of the molecule is CCC(NC(=O)[C@@H]1CCC[C@@H]1C(=O)O)c1ccccc1. The molecule has 0 bridgehead atoms. The Bertz CT molecular complexity index is 472. The topological polar surface area (TPSA) is 66.4 Å². The van der Waals surface area contributed by atoms with E-state index in [2.05, 4.69) is 5.32 Å². The van der Waals surface area contributed by atoms with Crippen LogP contribution in [0.15, 0.2) is 30.3 Å². The van der Waals surface area contributed by atoms with Crippen molar-refractivity contribution in [3.8, 4) is 0 Å². The van der Waals surface area contributed by atoms with E-state index in [0.29, 0.717) is 12.8 Å². The van der Waals surface area contributed by atoms with E-state index in [1.807, 2.05) is 37.3 Å². The monoisotopic (exact) mass is 275 g/mol. The number of benzene rings is 1. The van der Waals surface area contributed by atoms with E-state index in [4.69, 9.17) is 5.11 Å². The van der Waals surface area contributed by atoms with Gasteiger partial charge in [-0.25, -0.2) is 0 Å². The summed E-state index contributed by atoms with van der Waals surface area (Å²) in [7, 11) is 0. The number of carboxylic acid groups (broad SMARTS) is 1. The summed E-state index contributed by atoms with van der Waals surface area (Å²) in [6, 6.07) is 9.75. The summed E-state index contributed by atoms with van der Waals surface area (Å²) in [5.41, 5.74) is 1.06. The van der Waals surface area contributed by atoms with Gasteiger partial charge in [0.1, 0.15) is 0 Å². The molecule has 0 spiro atoms. The number of hydrogen-bond donors (Lipinski definition) is 2. The van der Waals surface area contributed by atoms with Crippen LogP contribution in [-0.4, -0.2) is 17.0 Å². The Morgan fingerprint density at radius 3 is 2.50 bits per heavy atom. The van der Waals surface area contributed by atoms with Crippen molar-refractivity contribution >= 4 is 11.9 Å². The van der Waals surface area contributed by atoms with Crippen molar-refractivity contribution in [1.29, 1.82) is 0 Å². The molecule has 1 unspecified atom stereocenters. The lowest BCUT2D eigenvalue weighted by Gasteiger charge is -2.22. The van der Waals surface area contributed by atoms with Crippen LogP contribution in [0.5, 0.6) is 0 Å². The fourth-order valence-electron chi connectivity index (χ4n) is 2.95. The molecular formula is C16H21NO3. The van der Waals surface area contributed by atoms with Gasteiger partial charge in [0.05, 0.1) is 17.9 Å². The fourth-order valence-corrected chi connectivity index (χ4v) is 2.95. The summed E-state index contributed by atoms with van der Waals surface area (Å²) < 4.78 is 0. The molecule has 1 aromatic rings. The van der Waals surface area contributed by atoms with E-state index in [1.54, 1.807) is 0 Å². The van der Waals surface area contributed by atoms with Crippen molar-refractivity contribution in [2.24, 2.45) is 11.8 Å². The lowest BCUT2D eigenvalue weighted by atomic mass is 9.94. The van der Waals surface area contributed by atoms with Crippen LogP contribution in [0.1, 0.15) is 44.2 Å². The highest BCUT2D eigenvalue weighted by Gasteiger charge is 2.38. The van der Waals surface area contributed by atoms with Gasteiger partial charge in [-0.05, 0) is 24.8 Å². The van der Waals surface area contributed by atoms with Gasteiger partial charge in [-0.3, -0.25) is 9.59 Å². The fraction of sp³-hybridized carbons (Fsp3) is 0.500. The predicted molar refractivity (Wildman–Crippen MR) is 76.1 cm³/mol. The second kappa shape index (κ2) is 6.55. The molecule has 108 valence electrons. The van der Waals surface area contributed by atoms with Crippen molar-refractivity contribution in [1.82, 2.24) is 5.32 Å². The molecule has 2 rings (SSSR count). The van der Waals surface area contributed by atoms with Crippen LogP contribution in [-0.2, 0) is 9.59 Å². The van der Waals surface area contributed by atoms with E-state index in [9.17, 15) is 9.59 Å². The standard InChI is InChI=1S/C16H21NO3/c1-2-14(11-7-4-3-5-8-11)17-15(18)12-9-6-10-13(12)16(19)20/h3-5,7-8,12-14H,2,6,9-10H2,1H3,(H,17,18)(H,19,20)/t12-,13+,14?/m1/s1. The Hall–Kier alpha value is -1.84. The molecule has 2 N–H and O–H groups in total. The first-order valence-electron chi connectivity index (χ1n) is 7.21. The highest BCUT2D eigenvalue weighted by atomic mass is 16.4. The van der Waals surface area contributed by atoms with Gasteiger partial charge < -0.3 is 10.4 Å². The number of carboxylic acids is 1. The normalized spacial score (nSPS) is 23.2. The molecule has 0 aliphatic heterocycles. The summed E-state index contributed by atoms with van der Waals surface area (Å²) in [6.07, 6.45) is 2.89. The first-order chi connectivity index (χ1) is 9.63. The molecule has 20 heavy (non-hydrogen) atoms. The summed E-state index contributed by atoms with van der Waals surface area (Å²) in [6.45, 7) is 2.02. The van der Waals surface area contributed by atoms with Crippen LogP contribution in [0.3, 0.4) is 0 Å². The van der Waals surface area contributed by atoms with Gasteiger partial charge in [0.25, 0.3) is 0 Å². The maximum absolute atomic E-state index is 12.3. The first kappa shape index (κ1) is 14.6. The largest absolute Gasteiger partial charge is 0.481 e. The summed E-state index contributed by atoms with van der Waals surface area (Å²) in [5, 5.41) is 12.2. The third-order valence-corrected chi connectivity index (χ3v) is 4.10. The minimum Gasteiger partial charge on any atom is -0.481 e. The van der Waals surface area contributed by atoms with E-state index >= 15 is 0 Å². The second-order valence-electron chi connectivity index (χ2n) is 5.36. The van der Waals surface area contributed by atoms with Crippen LogP contribution in [0.2, 0.25) is 0 Å². The van der Waals surface area contributed by atoms with Crippen molar-refractivity contribution in [2.45, 2.75) is 38.6 Å². The van der Waals surface area contributed by atoms with Crippen molar-refractivity contribution in [2.75, 3.05) is 0 Å². The molecule has 0 saturated heterocycles. The molecular weight excluding hydrogens is 254 g/mol. The molecule has 3 atom stereocenters.